The molecule has 4 heteroatoms. The monoisotopic (exact) mass is 416 g/mol. The van der Waals surface area contributed by atoms with E-state index in [9.17, 15) is 4.79 Å². The molecule has 1 saturated carbocycles. The molecule has 0 bridgehead atoms. The SMILES string of the molecule is Cc1ccc(OCC(N)C(C)(C)C)cc1C(=O)NC1(c2cccc3ccccc23)CC1. The van der Waals surface area contributed by atoms with E-state index in [1.54, 1.807) is 0 Å². The van der Waals surface area contributed by atoms with Crippen molar-refractivity contribution in [3.8, 4) is 5.75 Å². The number of nitrogens with two attached hydrogens (primary N) is 1. The van der Waals surface area contributed by atoms with E-state index in [4.69, 9.17) is 10.5 Å². The lowest BCUT2D eigenvalue weighted by Crippen LogP contribution is -2.40. The number of aryl methyl sites for hydroxylation is 1. The maximum atomic E-state index is 13.3. The fourth-order valence-electron chi connectivity index (χ4n) is 3.89. The van der Waals surface area contributed by atoms with Gasteiger partial charge in [0.1, 0.15) is 12.4 Å². The van der Waals surface area contributed by atoms with Crippen molar-refractivity contribution in [3.05, 3.63) is 77.4 Å². The Hall–Kier alpha value is -2.85. The summed E-state index contributed by atoms with van der Waals surface area (Å²) in [6.45, 7) is 8.65. The molecular weight excluding hydrogens is 384 g/mol. The highest BCUT2D eigenvalue weighted by atomic mass is 16.5. The second-order valence-corrected chi connectivity index (χ2v) is 9.82. The minimum atomic E-state index is -0.296. The third kappa shape index (κ3) is 4.45. The Labute approximate surface area is 184 Å². The van der Waals surface area contributed by atoms with E-state index < -0.39 is 0 Å². The number of amides is 1. The van der Waals surface area contributed by atoms with Gasteiger partial charge < -0.3 is 15.8 Å². The van der Waals surface area contributed by atoms with Crippen molar-refractivity contribution in [2.75, 3.05) is 6.61 Å². The number of carbonyl (C=O) groups is 1. The van der Waals surface area contributed by atoms with E-state index in [0.29, 0.717) is 17.9 Å². The Balaban J connectivity index is 1.55. The Morgan fingerprint density at radius 3 is 2.52 bits per heavy atom. The quantitative estimate of drug-likeness (QED) is 0.572. The van der Waals surface area contributed by atoms with Crippen molar-refractivity contribution in [2.45, 2.75) is 52.1 Å². The first-order chi connectivity index (χ1) is 14.7. The Bertz CT molecular complexity index is 1100. The number of benzene rings is 3. The lowest BCUT2D eigenvalue weighted by atomic mass is 9.88. The van der Waals surface area contributed by atoms with Crippen molar-refractivity contribution >= 4 is 16.7 Å². The first-order valence-electron chi connectivity index (χ1n) is 11.0. The van der Waals surface area contributed by atoms with E-state index in [0.717, 1.165) is 18.4 Å². The van der Waals surface area contributed by atoms with Crippen LogP contribution in [0.4, 0.5) is 0 Å². The highest BCUT2D eigenvalue weighted by Crippen LogP contribution is 2.48. The number of fused-ring (bicyclic) bond motifs is 1. The summed E-state index contributed by atoms with van der Waals surface area (Å²) in [7, 11) is 0. The second kappa shape index (κ2) is 8.01. The Kier molecular flexibility index (Phi) is 5.52. The van der Waals surface area contributed by atoms with Gasteiger partial charge in [-0.05, 0) is 59.2 Å². The normalized spacial score (nSPS) is 16.0. The third-order valence-electron chi connectivity index (χ3n) is 6.40. The molecule has 0 aliphatic heterocycles. The maximum Gasteiger partial charge on any atom is 0.252 e. The molecule has 0 spiro atoms. The van der Waals surface area contributed by atoms with Crippen LogP contribution in [0.5, 0.6) is 5.75 Å². The zero-order valence-electron chi connectivity index (χ0n) is 18.9. The summed E-state index contributed by atoms with van der Waals surface area (Å²) in [5.74, 6) is 0.610. The molecule has 0 heterocycles. The molecule has 0 radical (unpaired) electrons. The van der Waals surface area contributed by atoms with Crippen LogP contribution in [0.25, 0.3) is 10.8 Å². The molecule has 3 aromatic rings. The van der Waals surface area contributed by atoms with Crippen LogP contribution in [-0.2, 0) is 5.54 Å². The predicted molar refractivity (Wildman–Crippen MR) is 126 cm³/mol. The van der Waals surface area contributed by atoms with Gasteiger partial charge in [0, 0.05) is 11.6 Å². The number of carbonyl (C=O) groups excluding carboxylic acids is 1. The van der Waals surface area contributed by atoms with E-state index in [1.165, 1.54) is 16.3 Å². The van der Waals surface area contributed by atoms with Gasteiger partial charge in [-0.1, -0.05) is 69.3 Å². The standard InChI is InChI=1S/C27H32N2O2/c1-18-12-13-20(31-17-24(28)26(2,3)4)16-22(18)25(30)29-27(14-15-27)23-11-7-9-19-8-5-6-10-21(19)23/h5-13,16,24H,14-15,17,28H2,1-4H3,(H,29,30). The van der Waals surface area contributed by atoms with E-state index >= 15 is 0 Å². The van der Waals surface area contributed by atoms with Gasteiger partial charge in [0.15, 0.2) is 0 Å². The van der Waals surface area contributed by atoms with E-state index in [2.05, 4.69) is 62.5 Å². The van der Waals surface area contributed by atoms with Crippen LogP contribution in [0.3, 0.4) is 0 Å². The fraction of sp³-hybridized carbons (Fsp3) is 0.370. The van der Waals surface area contributed by atoms with Crippen LogP contribution < -0.4 is 15.8 Å². The highest BCUT2D eigenvalue weighted by molar-refractivity contribution is 5.97. The average molecular weight is 417 g/mol. The minimum Gasteiger partial charge on any atom is -0.492 e. The van der Waals surface area contributed by atoms with Crippen LogP contribution in [0, 0.1) is 12.3 Å². The molecule has 3 aromatic carbocycles. The predicted octanol–water partition coefficient (Wildman–Crippen LogP) is 5.32. The van der Waals surface area contributed by atoms with Crippen molar-refractivity contribution in [1.82, 2.24) is 5.32 Å². The summed E-state index contributed by atoms with van der Waals surface area (Å²) in [6.07, 6.45) is 1.89. The van der Waals surface area contributed by atoms with Crippen molar-refractivity contribution in [3.63, 3.8) is 0 Å². The summed E-state index contributed by atoms with van der Waals surface area (Å²) in [6, 6.07) is 20.2. The first kappa shape index (κ1) is 21.4. The largest absolute Gasteiger partial charge is 0.492 e. The minimum absolute atomic E-state index is 0.0400. The third-order valence-corrected chi connectivity index (χ3v) is 6.40. The van der Waals surface area contributed by atoms with Gasteiger partial charge in [-0.3, -0.25) is 4.79 Å². The van der Waals surface area contributed by atoms with Crippen LogP contribution in [0.15, 0.2) is 60.7 Å². The van der Waals surface area contributed by atoms with Gasteiger partial charge in [-0.2, -0.15) is 0 Å². The lowest BCUT2D eigenvalue weighted by molar-refractivity contribution is 0.0930. The Morgan fingerprint density at radius 2 is 1.81 bits per heavy atom. The molecule has 1 aliphatic rings. The van der Waals surface area contributed by atoms with Gasteiger partial charge in [0.2, 0.25) is 0 Å². The summed E-state index contributed by atoms with van der Waals surface area (Å²) in [5.41, 5.74) is 8.66. The van der Waals surface area contributed by atoms with Gasteiger partial charge in [0.25, 0.3) is 5.91 Å². The number of rotatable bonds is 6. The van der Waals surface area contributed by atoms with Gasteiger partial charge in [0.05, 0.1) is 5.54 Å². The summed E-state index contributed by atoms with van der Waals surface area (Å²) >= 11 is 0. The number of hydrogen-bond donors (Lipinski definition) is 2. The highest BCUT2D eigenvalue weighted by Gasteiger charge is 2.46. The molecule has 1 amide bonds. The lowest BCUT2D eigenvalue weighted by Gasteiger charge is -2.27. The zero-order chi connectivity index (χ0) is 22.2. The van der Waals surface area contributed by atoms with E-state index in [1.807, 2.05) is 31.2 Å². The number of ether oxygens (including phenoxy) is 1. The molecule has 3 N–H and O–H groups in total. The van der Waals surface area contributed by atoms with Gasteiger partial charge >= 0.3 is 0 Å². The van der Waals surface area contributed by atoms with Crippen molar-refractivity contribution in [2.24, 2.45) is 11.1 Å². The molecule has 4 rings (SSSR count). The molecule has 1 unspecified atom stereocenters. The molecule has 162 valence electrons. The van der Waals surface area contributed by atoms with Crippen LogP contribution in [-0.4, -0.2) is 18.6 Å². The molecule has 0 saturated heterocycles. The fourth-order valence-corrected chi connectivity index (χ4v) is 3.89. The zero-order valence-corrected chi connectivity index (χ0v) is 18.9. The average Bonchev–Trinajstić information content (AvgIpc) is 3.52. The summed E-state index contributed by atoms with van der Waals surface area (Å²) in [4.78, 5) is 13.3. The molecule has 31 heavy (non-hydrogen) atoms. The number of hydrogen-bond acceptors (Lipinski definition) is 3. The molecule has 0 aromatic heterocycles. The molecule has 1 aliphatic carbocycles. The van der Waals surface area contributed by atoms with Gasteiger partial charge in [-0.25, -0.2) is 0 Å². The second-order valence-electron chi connectivity index (χ2n) is 9.82. The smallest absolute Gasteiger partial charge is 0.252 e. The van der Waals surface area contributed by atoms with E-state index in [-0.39, 0.29) is 22.9 Å². The van der Waals surface area contributed by atoms with Crippen molar-refractivity contribution in [1.29, 1.82) is 0 Å². The van der Waals surface area contributed by atoms with Crippen LogP contribution in [0.2, 0.25) is 0 Å². The molecule has 1 atom stereocenters. The van der Waals surface area contributed by atoms with Gasteiger partial charge in [-0.15, -0.1) is 0 Å². The molecule has 1 fully saturated rings. The van der Waals surface area contributed by atoms with Crippen LogP contribution >= 0.6 is 0 Å². The maximum absolute atomic E-state index is 13.3. The Morgan fingerprint density at radius 1 is 1.10 bits per heavy atom. The van der Waals surface area contributed by atoms with Crippen LogP contribution in [0.1, 0.15) is 55.1 Å². The molecule has 4 nitrogen and oxygen atoms in total. The first-order valence-corrected chi connectivity index (χ1v) is 11.0. The molecular formula is C27H32N2O2. The summed E-state index contributed by atoms with van der Waals surface area (Å²) in [5, 5.41) is 5.73. The van der Waals surface area contributed by atoms with Crippen molar-refractivity contribution < 1.29 is 9.53 Å². The topological polar surface area (TPSA) is 64.3 Å². The number of nitrogens with one attached hydrogen (secondary N) is 1. The summed E-state index contributed by atoms with van der Waals surface area (Å²) < 4.78 is 5.92.